The second-order valence-electron chi connectivity index (χ2n) is 4.76. The van der Waals surface area contributed by atoms with E-state index in [4.69, 9.17) is 19.3 Å². The minimum absolute atomic E-state index is 0.0128. The lowest BCUT2D eigenvalue weighted by Gasteiger charge is -2.26. The highest BCUT2D eigenvalue weighted by Crippen LogP contribution is 2.39. The van der Waals surface area contributed by atoms with Crippen molar-refractivity contribution in [2.75, 3.05) is 33.1 Å². The Balaban J connectivity index is 1.92. The van der Waals surface area contributed by atoms with Crippen molar-refractivity contribution in [3.8, 4) is 11.5 Å². The lowest BCUT2D eigenvalue weighted by atomic mass is 10.2. The molecule has 0 atom stereocenters. The summed E-state index contributed by atoms with van der Waals surface area (Å²) in [6.07, 6.45) is 0. The molecule has 1 aromatic rings. The van der Waals surface area contributed by atoms with Crippen LogP contribution in [-0.4, -0.2) is 46.4 Å². The van der Waals surface area contributed by atoms with Gasteiger partial charge in [0.1, 0.15) is 4.90 Å². The minimum Gasteiger partial charge on any atom is -0.454 e. The third-order valence-electron chi connectivity index (χ3n) is 3.31. The fourth-order valence-electron chi connectivity index (χ4n) is 2.35. The van der Waals surface area contributed by atoms with Crippen molar-refractivity contribution in [1.29, 1.82) is 0 Å². The van der Waals surface area contributed by atoms with Gasteiger partial charge in [0.2, 0.25) is 16.8 Å². The fraction of sp³-hybridized carbons (Fsp3) is 0.500. The summed E-state index contributed by atoms with van der Waals surface area (Å²) in [5.41, 5.74) is 0.833. The highest BCUT2D eigenvalue weighted by Gasteiger charge is 2.26. The van der Waals surface area contributed by atoms with Crippen LogP contribution in [0.1, 0.15) is 5.56 Å². The summed E-state index contributed by atoms with van der Waals surface area (Å²) in [7, 11) is -3.84. The maximum Gasteiger partial charge on any atom is 0.241 e. The lowest BCUT2D eigenvalue weighted by molar-refractivity contribution is 0.0341. The second kappa shape index (κ2) is 5.21. The van der Waals surface area contributed by atoms with Crippen molar-refractivity contribution in [3.63, 3.8) is 0 Å². The highest BCUT2D eigenvalue weighted by atomic mass is 32.2. The van der Waals surface area contributed by atoms with Crippen LogP contribution in [0.3, 0.4) is 0 Å². The molecule has 2 N–H and O–H groups in total. The van der Waals surface area contributed by atoms with Crippen LogP contribution in [-0.2, 0) is 21.3 Å². The molecule has 7 nitrogen and oxygen atoms in total. The smallest absolute Gasteiger partial charge is 0.241 e. The molecule has 0 aliphatic carbocycles. The Morgan fingerprint density at radius 1 is 1.20 bits per heavy atom. The number of hydrogen-bond acceptors (Lipinski definition) is 6. The molecule has 3 rings (SSSR count). The van der Waals surface area contributed by atoms with E-state index in [1.54, 1.807) is 12.1 Å². The zero-order valence-electron chi connectivity index (χ0n) is 10.9. The monoisotopic (exact) mass is 300 g/mol. The normalized spacial score (nSPS) is 19.2. The van der Waals surface area contributed by atoms with Crippen molar-refractivity contribution in [2.24, 2.45) is 5.14 Å². The number of benzene rings is 1. The zero-order chi connectivity index (χ0) is 14.2. The Labute approximate surface area is 117 Å². The Kier molecular flexibility index (Phi) is 3.55. The number of primary sulfonamides is 1. The van der Waals surface area contributed by atoms with E-state index >= 15 is 0 Å². The number of rotatable bonds is 3. The molecular weight excluding hydrogens is 284 g/mol. The average molecular weight is 300 g/mol. The molecule has 2 aliphatic heterocycles. The first-order chi connectivity index (χ1) is 9.54. The molecule has 1 saturated heterocycles. The predicted molar refractivity (Wildman–Crippen MR) is 70.0 cm³/mol. The van der Waals surface area contributed by atoms with Crippen LogP contribution >= 0.6 is 0 Å². The second-order valence-corrected chi connectivity index (χ2v) is 6.29. The molecular formula is C12H16N2O5S. The van der Waals surface area contributed by atoms with E-state index in [1.165, 1.54) is 0 Å². The van der Waals surface area contributed by atoms with Gasteiger partial charge in [0.05, 0.1) is 13.2 Å². The number of sulfonamides is 1. The van der Waals surface area contributed by atoms with E-state index in [1.807, 2.05) is 0 Å². The summed E-state index contributed by atoms with van der Waals surface area (Å²) in [5.74, 6) is 0.637. The number of nitrogens with zero attached hydrogens (tertiary/aromatic N) is 1. The van der Waals surface area contributed by atoms with E-state index in [2.05, 4.69) is 4.90 Å². The fourth-order valence-corrected chi connectivity index (χ4v) is 3.09. The summed E-state index contributed by atoms with van der Waals surface area (Å²) in [6, 6.07) is 3.35. The summed E-state index contributed by atoms with van der Waals surface area (Å²) in [5, 5.41) is 5.23. The van der Waals surface area contributed by atoms with Crippen LogP contribution in [0, 0.1) is 0 Å². The van der Waals surface area contributed by atoms with Crippen LogP contribution in [0.4, 0.5) is 0 Å². The Hall–Kier alpha value is -1.35. The van der Waals surface area contributed by atoms with Crippen molar-refractivity contribution in [2.45, 2.75) is 11.4 Å². The molecule has 0 amide bonds. The van der Waals surface area contributed by atoms with Crippen LogP contribution in [0.25, 0.3) is 0 Å². The minimum atomic E-state index is -3.84. The maximum atomic E-state index is 11.6. The largest absolute Gasteiger partial charge is 0.454 e. The van der Waals surface area contributed by atoms with Gasteiger partial charge in [-0.2, -0.15) is 0 Å². The van der Waals surface area contributed by atoms with Crippen molar-refractivity contribution >= 4 is 10.0 Å². The summed E-state index contributed by atoms with van der Waals surface area (Å²) < 4.78 is 39.0. The highest BCUT2D eigenvalue weighted by molar-refractivity contribution is 7.89. The van der Waals surface area contributed by atoms with E-state index < -0.39 is 10.0 Å². The molecule has 0 saturated carbocycles. The first-order valence-electron chi connectivity index (χ1n) is 6.29. The van der Waals surface area contributed by atoms with Crippen molar-refractivity contribution in [1.82, 2.24) is 4.90 Å². The van der Waals surface area contributed by atoms with Gasteiger partial charge in [-0.15, -0.1) is 0 Å². The number of nitrogens with two attached hydrogens (primary N) is 1. The van der Waals surface area contributed by atoms with E-state index in [0.29, 0.717) is 25.5 Å². The van der Waals surface area contributed by atoms with Gasteiger partial charge in [0.15, 0.2) is 11.5 Å². The molecule has 1 fully saturated rings. The molecule has 2 heterocycles. The van der Waals surface area contributed by atoms with Gasteiger partial charge < -0.3 is 14.2 Å². The quantitative estimate of drug-likeness (QED) is 0.838. The topological polar surface area (TPSA) is 91.1 Å². The van der Waals surface area contributed by atoms with E-state index in [-0.39, 0.29) is 17.4 Å². The average Bonchev–Trinajstić information content (AvgIpc) is 2.86. The van der Waals surface area contributed by atoms with Crippen molar-refractivity contribution < 1.29 is 22.6 Å². The molecule has 20 heavy (non-hydrogen) atoms. The lowest BCUT2D eigenvalue weighted by Crippen LogP contribution is -2.35. The standard InChI is InChI=1S/C12H16N2O5S/c13-20(15,16)11-6-9(5-10-12(11)19-8-18-10)7-14-1-3-17-4-2-14/h5-6H,1-4,7-8H2,(H2,13,15,16). The number of ether oxygens (including phenoxy) is 3. The van der Waals surface area contributed by atoms with Gasteiger partial charge in [0.25, 0.3) is 0 Å². The third kappa shape index (κ3) is 2.73. The summed E-state index contributed by atoms with van der Waals surface area (Å²) in [6.45, 7) is 3.65. The molecule has 0 spiro atoms. The molecule has 2 aliphatic rings. The van der Waals surface area contributed by atoms with Crippen LogP contribution < -0.4 is 14.6 Å². The number of fused-ring (bicyclic) bond motifs is 1. The Morgan fingerprint density at radius 2 is 1.95 bits per heavy atom. The Bertz CT molecular complexity index is 611. The molecule has 1 aromatic carbocycles. The maximum absolute atomic E-state index is 11.6. The SMILES string of the molecule is NS(=O)(=O)c1cc(CN2CCOCC2)cc2c1OCO2. The number of morpholine rings is 1. The number of hydrogen-bond donors (Lipinski definition) is 1. The zero-order valence-corrected chi connectivity index (χ0v) is 11.7. The van der Waals surface area contributed by atoms with Gasteiger partial charge >= 0.3 is 0 Å². The Morgan fingerprint density at radius 3 is 2.65 bits per heavy atom. The summed E-state index contributed by atoms with van der Waals surface area (Å²) >= 11 is 0. The molecule has 110 valence electrons. The van der Waals surface area contributed by atoms with Crippen molar-refractivity contribution in [3.05, 3.63) is 17.7 Å². The van der Waals surface area contributed by atoms with Gasteiger partial charge in [-0.05, 0) is 17.7 Å². The third-order valence-corrected chi connectivity index (χ3v) is 4.23. The molecule has 0 aromatic heterocycles. The van der Waals surface area contributed by atoms with Gasteiger partial charge in [-0.1, -0.05) is 0 Å². The first kappa shape index (κ1) is 13.6. The molecule has 0 bridgehead atoms. The first-order valence-corrected chi connectivity index (χ1v) is 7.84. The van der Waals surface area contributed by atoms with Crippen LogP contribution in [0.5, 0.6) is 11.5 Å². The molecule has 0 radical (unpaired) electrons. The summed E-state index contributed by atoms with van der Waals surface area (Å²) in [4.78, 5) is 2.17. The predicted octanol–water partition coefficient (Wildman–Crippen LogP) is -0.105. The molecule has 0 unspecified atom stereocenters. The van der Waals surface area contributed by atoms with Crippen LogP contribution in [0.15, 0.2) is 17.0 Å². The van der Waals surface area contributed by atoms with Gasteiger partial charge in [0, 0.05) is 19.6 Å². The van der Waals surface area contributed by atoms with Gasteiger partial charge in [-0.3, -0.25) is 4.90 Å². The van der Waals surface area contributed by atoms with Crippen LogP contribution in [0.2, 0.25) is 0 Å². The van der Waals surface area contributed by atoms with E-state index in [0.717, 1.165) is 18.7 Å². The van der Waals surface area contributed by atoms with Gasteiger partial charge in [-0.25, -0.2) is 13.6 Å². The van der Waals surface area contributed by atoms with E-state index in [9.17, 15) is 8.42 Å². The molecule has 8 heteroatoms.